The van der Waals surface area contributed by atoms with Crippen molar-refractivity contribution in [3.8, 4) is 27.9 Å². The second kappa shape index (κ2) is 12.8. The van der Waals surface area contributed by atoms with Gasteiger partial charge in [0.05, 0.1) is 22.9 Å². The summed E-state index contributed by atoms with van der Waals surface area (Å²) < 4.78 is 5.08. The molecule has 3 nitrogen and oxygen atoms in total. The van der Waals surface area contributed by atoms with E-state index < -0.39 is 0 Å². The molecule has 0 unspecified atom stereocenters. The van der Waals surface area contributed by atoms with Crippen molar-refractivity contribution in [2.75, 3.05) is 4.90 Å². The highest BCUT2D eigenvalue weighted by atomic mass is 32.1. The van der Waals surface area contributed by atoms with E-state index in [1.54, 1.807) is 0 Å². The van der Waals surface area contributed by atoms with Crippen LogP contribution in [0.3, 0.4) is 0 Å². The quantitative estimate of drug-likeness (QED) is 0.171. The molecule has 0 spiro atoms. The van der Waals surface area contributed by atoms with Crippen LogP contribution in [-0.4, -0.2) is 9.55 Å². The van der Waals surface area contributed by atoms with E-state index in [4.69, 9.17) is 0 Å². The minimum absolute atomic E-state index is 1.01. The lowest BCUT2D eigenvalue weighted by Crippen LogP contribution is -2.10. The van der Waals surface area contributed by atoms with Gasteiger partial charge in [0.25, 0.3) is 0 Å². The highest BCUT2D eigenvalue weighted by Crippen LogP contribution is 2.41. The Balaban J connectivity index is 1.02. The summed E-state index contributed by atoms with van der Waals surface area (Å²) in [7, 11) is 0. The number of fused-ring (bicyclic) bond motifs is 7. The molecule has 55 heavy (non-hydrogen) atoms. The summed E-state index contributed by atoms with van der Waals surface area (Å²) in [4.78, 5) is 6.73. The molecule has 0 fully saturated rings. The van der Waals surface area contributed by atoms with Crippen molar-refractivity contribution < 1.29 is 0 Å². The molecule has 0 saturated carbocycles. The second-order valence-corrected chi connectivity index (χ2v) is 15.2. The minimum atomic E-state index is 1.01. The average Bonchev–Trinajstić information content (AvgIpc) is 3.78. The Labute approximate surface area is 322 Å². The van der Waals surface area contributed by atoms with Crippen molar-refractivity contribution >= 4 is 81.1 Å². The molecule has 4 heteroatoms. The maximum absolute atomic E-state index is 4.47. The lowest BCUT2D eigenvalue weighted by Gasteiger charge is -2.25. The highest BCUT2D eigenvalue weighted by Gasteiger charge is 2.17. The SMILES string of the molecule is c1ccc(-c2ccc(N(c3ccc(-c4ccc5c(c4)c4cc6ccccc6cc4n5-c4ccc5sc6ccccc6c5c4)cc3)c3cccnc3)cc2)cc1. The Bertz CT molecular complexity index is 3180. The molecule has 11 aromatic rings. The van der Waals surface area contributed by atoms with Crippen molar-refractivity contribution in [3.05, 3.63) is 200 Å². The molecule has 0 radical (unpaired) electrons. The van der Waals surface area contributed by atoms with Gasteiger partial charge < -0.3 is 9.47 Å². The predicted octanol–water partition coefficient (Wildman–Crippen LogP) is 14.5. The number of hydrogen-bond donors (Lipinski definition) is 0. The van der Waals surface area contributed by atoms with Crippen molar-refractivity contribution in [3.63, 3.8) is 0 Å². The van der Waals surface area contributed by atoms with E-state index in [2.05, 4.69) is 196 Å². The van der Waals surface area contributed by atoms with E-state index in [1.165, 1.54) is 80.7 Å². The van der Waals surface area contributed by atoms with Gasteiger partial charge in [0, 0.05) is 54.2 Å². The molecule has 11 rings (SSSR count). The molecule has 8 aromatic carbocycles. The smallest absolute Gasteiger partial charge is 0.0644 e. The van der Waals surface area contributed by atoms with Crippen LogP contribution < -0.4 is 4.90 Å². The number of rotatable bonds is 6. The van der Waals surface area contributed by atoms with Crippen LogP contribution in [-0.2, 0) is 0 Å². The summed E-state index contributed by atoms with van der Waals surface area (Å²) in [5.41, 5.74) is 11.5. The molecule has 0 aliphatic carbocycles. The van der Waals surface area contributed by atoms with Crippen LogP contribution >= 0.6 is 11.3 Å². The third-order valence-electron chi connectivity index (χ3n) is 10.8. The Morgan fingerprint density at radius 2 is 1.04 bits per heavy atom. The molecule has 0 aliphatic heterocycles. The van der Waals surface area contributed by atoms with Gasteiger partial charge in [-0.1, -0.05) is 103 Å². The van der Waals surface area contributed by atoms with Crippen molar-refractivity contribution in [1.82, 2.24) is 9.55 Å². The number of benzene rings is 8. The van der Waals surface area contributed by atoms with Gasteiger partial charge in [-0.3, -0.25) is 4.98 Å². The van der Waals surface area contributed by atoms with Crippen LogP contribution in [0.4, 0.5) is 17.1 Å². The van der Waals surface area contributed by atoms with Crippen LogP contribution in [0, 0.1) is 0 Å². The van der Waals surface area contributed by atoms with Crippen molar-refractivity contribution in [2.24, 2.45) is 0 Å². The van der Waals surface area contributed by atoms with Gasteiger partial charge in [-0.2, -0.15) is 0 Å². The molecule has 258 valence electrons. The summed E-state index contributed by atoms with van der Waals surface area (Å²) in [6.07, 6.45) is 3.74. The van der Waals surface area contributed by atoms with Crippen molar-refractivity contribution in [2.45, 2.75) is 0 Å². The fraction of sp³-hybridized carbons (Fsp3) is 0. The summed E-state index contributed by atoms with van der Waals surface area (Å²) in [5, 5.41) is 7.60. The Kier molecular flexibility index (Phi) is 7.35. The molecule has 0 atom stereocenters. The van der Waals surface area contributed by atoms with E-state index in [1.807, 2.05) is 29.8 Å². The van der Waals surface area contributed by atoms with Crippen LogP contribution in [0.5, 0.6) is 0 Å². The number of pyridine rings is 1. The Hall–Kier alpha value is -7.01. The first kappa shape index (κ1) is 31.5. The fourth-order valence-electron chi connectivity index (χ4n) is 8.19. The normalized spacial score (nSPS) is 11.6. The van der Waals surface area contributed by atoms with E-state index in [-0.39, 0.29) is 0 Å². The van der Waals surface area contributed by atoms with Gasteiger partial charge in [-0.15, -0.1) is 11.3 Å². The van der Waals surface area contributed by atoms with E-state index in [0.717, 1.165) is 17.1 Å². The van der Waals surface area contributed by atoms with Gasteiger partial charge in [0.1, 0.15) is 0 Å². The first-order valence-corrected chi connectivity index (χ1v) is 19.4. The number of thiophene rings is 1. The topological polar surface area (TPSA) is 21.1 Å². The maximum Gasteiger partial charge on any atom is 0.0644 e. The average molecular weight is 720 g/mol. The molecule has 3 aromatic heterocycles. The minimum Gasteiger partial charge on any atom is -0.309 e. The second-order valence-electron chi connectivity index (χ2n) is 14.1. The fourth-order valence-corrected chi connectivity index (χ4v) is 9.27. The number of anilines is 3. The molecule has 0 aliphatic rings. The van der Waals surface area contributed by atoms with Crippen molar-refractivity contribution in [1.29, 1.82) is 0 Å². The van der Waals surface area contributed by atoms with Crippen LogP contribution in [0.15, 0.2) is 200 Å². The summed E-state index contributed by atoms with van der Waals surface area (Å²) in [6.45, 7) is 0. The van der Waals surface area contributed by atoms with Gasteiger partial charge in [0.15, 0.2) is 0 Å². The molecular weight excluding hydrogens is 687 g/mol. The zero-order valence-electron chi connectivity index (χ0n) is 29.8. The number of nitrogens with zero attached hydrogens (tertiary/aromatic N) is 3. The Morgan fingerprint density at radius 1 is 0.400 bits per heavy atom. The summed E-state index contributed by atoms with van der Waals surface area (Å²) in [5.74, 6) is 0. The standard InChI is InChI=1S/C51H33N3S/c1-2-9-34(10-3-1)35-16-21-40(22-17-35)53(43-13-8-28-52-33-43)41-23-18-36(19-24-41)39-20-26-48-45(30-39)46-29-37-11-4-5-12-38(37)31-49(46)54(48)42-25-27-51-47(32-42)44-14-6-7-15-50(44)55-51/h1-33H. The van der Waals surface area contributed by atoms with Gasteiger partial charge in [0.2, 0.25) is 0 Å². The third-order valence-corrected chi connectivity index (χ3v) is 12.0. The zero-order chi connectivity index (χ0) is 36.3. The molecule has 0 N–H and O–H groups in total. The van der Waals surface area contributed by atoms with Crippen LogP contribution in [0.25, 0.3) is 80.7 Å². The molecule has 0 bridgehead atoms. The molecule has 0 amide bonds. The third kappa shape index (κ3) is 5.38. The first-order valence-electron chi connectivity index (χ1n) is 18.6. The zero-order valence-corrected chi connectivity index (χ0v) is 30.6. The van der Waals surface area contributed by atoms with E-state index in [9.17, 15) is 0 Å². The molecule has 3 heterocycles. The highest BCUT2D eigenvalue weighted by molar-refractivity contribution is 7.25. The van der Waals surface area contributed by atoms with E-state index >= 15 is 0 Å². The van der Waals surface area contributed by atoms with Crippen LogP contribution in [0.2, 0.25) is 0 Å². The van der Waals surface area contributed by atoms with Gasteiger partial charge >= 0.3 is 0 Å². The first-order chi connectivity index (χ1) is 27.2. The number of aromatic nitrogens is 2. The number of hydrogen-bond acceptors (Lipinski definition) is 3. The maximum atomic E-state index is 4.47. The van der Waals surface area contributed by atoms with E-state index in [0.29, 0.717) is 0 Å². The lowest BCUT2D eigenvalue weighted by atomic mass is 10.0. The molecular formula is C51H33N3S. The van der Waals surface area contributed by atoms with Crippen LogP contribution in [0.1, 0.15) is 0 Å². The van der Waals surface area contributed by atoms with Gasteiger partial charge in [-0.05, 0) is 118 Å². The Morgan fingerprint density at radius 3 is 1.80 bits per heavy atom. The largest absolute Gasteiger partial charge is 0.309 e. The molecule has 0 saturated heterocycles. The summed E-state index contributed by atoms with van der Waals surface area (Å²) >= 11 is 1.86. The predicted molar refractivity (Wildman–Crippen MR) is 235 cm³/mol. The summed E-state index contributed by atoms with van der Waals surface area (Å²) in [6, 6.07) is 68.3. The monoisotopic (exact) mass is 719 g/mol. The lowest BCUT2D eigenvalue weighted by molar-refractivity contribution is 1.19. The van der Waals surface area contributed by atoms with Gasteiger partial charge in [-0.25, -0.2) is 0 Å².